The van der Waals surface area contributed by atoms with Gasteiger partial charge in [-0.3, -0.25) is 9.63 Å². The van der Waals surface area contributed by atoms with Crippen molar-refractivity contribution < 1.29 is 18.0 Å². The fourth-order valence-corrected chi connectivity index (χ4v) is 6.47. The lowest BCUT2D eigenvalue weighted by Crippen LogP contribution is -2.45. The number of hydrogen-bond donors (Lipinski definition) is 1. The SMILES string of the molecule is O=C(NOCc1ccccc1)C1CCCN(S(=O)(=O)c2ccc(Br)s2)C1. The van der Waals surface area contributed by atoms with Crippen LogP contribution in [0.25, 0.3) is 0 Å². The second-order valence-electron chi connectivity index (χ2n) is 6.00. The topological polar surface area (TPSA) is 75.7 Å². The Morgan fingerprint density at radius 2 is 2.04 bits per heavy atom. The zero-order valence-corrected chi connectivity index (χ0v) is 17.1. The van der Waals surface area contributed by atoms with E-state index in [0.717, 1.165) is 9.35 Å². The number of thiophene rings is 1. The Morgan fingerprint density at radius 3 is 2.73 bits per heavy atom. The normalized spacial score (nSPS) is 18.6. The van der Waals surface area contributed by atoms with E-state index in [-0.39, 0.29) is 23.3 Å². The summed E-state index contributed by atoms with van der Waals surface area (Å²) >= 11 is 4.46. The van der Waals surface area contributed by atoms with Crippen LogP contribution in [0.3, 0.4) is 0 Å². The molecule has 0 saturated carbocycles. The number of rotatable bonds is 6. The summed E-state index contributed by atoms with van der Waals surface area (Å²) in [5, 5.41) is 0. The summed E-state index contributed by atoms with van der Waals surface area (Å²) in [7, 11) is -3.57. The van der Waals surface area contributed by atoms with Crippen molar-refractivity contribution in [2.45, 2.75) is 23.7 Å². The van der Waals surface area contributed by atoms with E-state index in [0.29, 0.717) is 19.4 Å². The predicted molar refractivity (Wildman–Crippen MR) is 103 cm³/mol. The Kier molecular flexibility index (Phi) is 6.46. The van der Waals surface area contributed by atoms with Crippen LogP contribution in [0.2, 0.25) is 0 Å². The molecule has 0 radical (unpaired) electrons. The number of carbonyl (C=O) groups excluding carboxylic acids is 1. The van der Waals surface area contributed by atoms with Gasteiger partial charge in [0.1, 0.15) is 4.21 Å². The Hall–Kier alpha value is -1.26. The molecular weight excluding hydrogens is 440 g/mol. The van der Waals surface area contributed by atoms with E-state index in [4.69, 9.17) is 4.84 Å². The zero-order chi connectivity index (χ0) is 18.6. The molecular formula is C17H19BrN2O4S2. The lowest BCUT2D eigenvalue weighted by Gasteiger charge is -2.30. The molecule has 1 unspecified atom stereocenters. The molecule has 1 aliphatic heterocycles. The summed E-state index contributed by atoms with van der Waals surface area (Å²) in [5.74, 6) is -0.703. The van der Waals surface area contributed by atoms with Crippen LogP contribution in [0, 0.1) is 5.92 Å². The standard InChI is InChI=1S/C17H19BrN2O4S2/c18-15-8-9-16(25-15)26(22,23)20-10-4-7-14(11-20)17(21)19-24-12-13-5-2-1-3-6-13/h1-3,5-6,8-9,14H,4,7,10-12H2,(H,19,21). The molecule has 1 aliphatic rings. The van der Waals surface area contributed by atoms with Crippen molar-refractivity contribution in [2.75, 3.05) is 13.1 Å². The number of piperidine rings is 1. The molecule has 1 aromatic carbocycles. The van der Waals surface area contributed by atoms with Gasteiger partial charge in [0.2, 0.25) is 5.91 Å². The maximum Gasteiger partial charge on any atom is 0.252 e. The number of nitrogens with zero attached hydrogens (tertiary/aromatic N) is 1. The molecule has 1 aromatic heterocycles. The van der Waals surface area contributed by atoms with Crippen LogP contribution < -0.4 is 5.48 Å². The van der Waals surface area contributed by atoms with Gasteiger partial charge in [-0.1, -0.05) is 30.3 Å². The van der Waals surface area contributed by atoms with E-state index in [2.05, 4.69) is 21.4 Å². The summed E-state index contributed by atoms with van der Waals surface area (Å²) in [6.07, 6.45) is 1.28. The minimum atomic E-state index is -3.57. The van der Waals surface area contributed by atoms with E-state index in [1.54, 1.807) is 12.1 Å². The van der Waals surface area contributed by atoms with Crippen LogP contribution in [0.5, 0.6) is 0 Å². The predicted octanol–water partition coefficient (Wildman–Crippen LogP) is 3.16. The summed E-state index contributed by atoms with van der Waals surface area (Å²) in [6.45, 7) is 0.857. The van der Waals surface area contributed by atoms with Crippen molar-refractivity contribution in [3.8, 4) is 0 Å². The molecule has 26 heavy (non-hydrogen) atoms. The molecule has 3 rings (SSSR count). The highest BCUT2D eigenvalue weighted by molar-refractivity contribution is 9.11. The highest BCUT2D eigenvalue weighted by atomic mass is 79.9. The molecule has 0 spiro atoms. The average Bonchev–Trinajstić information content (AvgIpc) is 3.10. The van der Waals surface area contributed by atoms with Crippen LogP contribution in [0.15, 0.2) is 50.5 Å². The maximum atomic E-state index is 12.7. The number of nitrogens with one attached hydrogen (secondary N) is 1. The Balaban J connectivity index is 1.56. The smallest absolute Gasteiger partial charge is 0.252 e. The third-order valence-electron chi connectivity index (χ3n) is 4.15. The second-order valence-corrected chi connectivity index (χ2v) is 10.6. The van der Waals surface area contributed by atoms with Gasteiger partial charge in [0, 0.05) is 13.1 Å². The number of halogens is 1. The van der Waals surface area contributed by atoms with Gasteiger partial charge in [-0.05, 0) is 46.5 Å². The first-order valence-corrected chi connectivity index (χ1v) is 11.2. The fourth-order valence-electron chi connectivity index (χ4n) is 2.79. The van der Waals surface area contributed by atoms with Crippen LogP contribution in [-0.4, -0.2) is 31.7 Å². The third kappa shape index (κ3) is 4.72. The molecule has 2 aromatic rings. The summed E-state index contributed by atoms with van der Waals surface area (Å²) in [5.41, 5.74) is 3.40. The van der Waals surface area contributed by atoms with Gasteiger partial charge >= 0.3 is 0 Å². The summed E-state index contributed by atoms with van der Waals surface area (Å²) < 4.78 is 27.9. The van der Waals surface area contributed by atoms with Gasteiger partial charge in [-0.2, -0.15) is 4.31 Å². The second kappa shape index (κ2) is 8.62. The zero-order valence-electron chi connectivity index (χ0n) is 13.9. The summed E-state index contributed by atoms with van der Waals surface area (Å²) in [6, 6.07) is 12.8. The highest BCUT2D eigenvalue weighted by Crippen LogP contribution is 2.30. The van der Waals surface area contributed by atoms with Crippen molar-refractivity contribution in [1.29, 1.82) is 0 Å². The lowest BCUT2D eigenvalue weighted by molar-refractivity contribution is -0.139. The molecule has 6 nitrogen and oxygen atoms in total. The molecule has 0 aliphatic carbocycles. The molecule has 9 heteroatoms. The van der Waals surface area contributed by atoms with E-state index >= 15 is 0 Å². The molecule has 1 amide bonds. The Bertz CT molecular complexity index is 855. The highest BCUT2D eigenvalue weighted by Gasteiger charge is 2.34. The van der Waals surface area contributed by atoms with Crippen molar-refractivity contribution in [2.24, 2.45) is 5.92 Å². The largest absolute Gasteiger partial charge is 0.272 e. The molecule has 1 saturated heterocycles. The van der Waals surface area contributed by atoms with Gasteiger partial charge < -0.3 is 0 Å². The number of benzene rings is 1. The first-order valence-electron chi connectivity index (χ1n) is 8.18. The van der Waals surface area contributed by atoms with Crippen LogP contribution in [0.1, 0.15) is 18.4 Å². The first kappa shape index (κ1) is 19.5. The van der Waals surface area contributed by atoms with E-state index in [1.807, 2.05) is 30.3 Å². The van der Waals surface area contributed by atoms with Gasteiger partial charge in [0.25, 0.3) is 10.0 Å². The quantitative estimate of drug-likeness (QED) is 0.674. The number of hydrogen-bond acceptors (Lipinski definition) is 5. The van der Waals surface area contributed by atoms with Gasteiger partial charge in [0.15, 0.2) is 0 Å². The monoisotopic (exact) mass is 458 g/mol. The molecule has 2 heterocycles. The fraction of sp³-hybridized carbons (Fsp3) is 0.353. The minimum absolute atomic E-state index is 0.165. The van der Waals surface area contributed by atoms with E-state index < -0.39 is 15.9 Å². The summed E-state index contributed by atoms with van der Waals surface area (Å²) in [4.78, 5) is 17.6. The van der Waals surface area contributed by atoms with E-state index in [1.165, 1.54) is 15.6 Å². The first-order chi connectivity index (χ1) is 12.5. The molecule has 1 fully saturated rings. The maximum absolute atomic E-state index is 12.7. The molecule has 0 bridgehead atoms. The minimum Gasteiger partial charge on any atom is -0.272 e. The number of amides is 1. The average molecular weight is 459 g/mol. The van der Waals surface area contributed by atoms with Crippen LogP contribution in [0.4, 0.5) is 0 Å². The number of carbonyl (C=O) groups is 1. The van der Waals surface area contributed by atoms with E-state index in [9.17, 15) is 13.2 Å². The Morgan fingerprint density at radius 1 is 1.27 bits per heavy atom. The van der Waals surface area contributed by atoms with Gasteiger partial charge in [-0.25, -0.2) is 13.9 Å². The lowest BCUT2D eigenvalue weighted by atomic mass is 9.99. The number of hydroxylamine groups is 1. The van der Waals surface area contributed by atoms with Crippen molar-refractivity contribution >= 4 is 43.2 Å². The van der Waals surface area contributed by atoms with Gasteiger partial charge in [-0.15, -0.1) is 11.3 Å². The van der Waals surface area contributed by atoms with Gasteiger partial charge in [0.05, 0.1) is 16.3 Å². The third-order valence-corrected chi connectivity index (χ3v) is 8.11. The molecule has 140 valence electrons. The van der Waals surface area contributed by atoms with Crippen molar-refractivity contribution in [1.82, 2.24) is 9.79 Å². The van der Waals surface area contributed by atoms with Crippen molar-refractivity contribution in [3.05, 3.63) is 51.8 Å². The number of sulfonamides is 1. The van der Waals surface area contributed by atoms with Crippen LogP contribution >= 0.6 is 27.3 Å². The van der Waals surface area contributed by atoms with Crippen LogP contribution in [-0.2, 0) is 26.3 Å². The molecule has 1 atom stereocenters. The molecule has 1 N–H and O–H groups in total. The van der Waals surface area contributed by atoms with Crippen molar-refractivity contribution in [3.63, 3.8) is 0 Å². The Labute approximate surface area is 165 Å².